The molecule has 0 radical (unpaired) electrons. The second kappa shape index (κ2) is 16.1. The molecule has 4 aromatic carbocycles. The monoisotopic (exact) mass is 621 g/mol. The average Bonchev–Trinajstić information content (AvgIpc) is 3.64. The van der Waals surface area contributed by atoms with Crippen molar-refractivity contribution in [3.05, 3.63) is 113 Å². The number of methoxy groups -OCH3 is 1. The number of H-pyrrole nitrogens is 1. The van der Waals surface area contributed by atoms with Crippen molar-refractivity contribution in [3.63, 3.8) is 0 Å². The molecule has 0 aliphatic heterocycles. The van der Waals surface area contributed by atoms with Crippen LogP contribution < -0.4 is 18.9 Å². The molecule has 0 atom stereocenters. The molecule has 0 saturated carbocycles. The first-order valence-electron chi connectivity index (χ1n) is 15.5. The van der Waals surface area contributed by atoms with Crippen molar-refractivity contribution in [2.75, 3.05) is 20.3 Å². The van der Waals surface area contributed by atoms with Crippen LogP contribution in [-0.2, 0) is 24.2 Å². The fourth-order valence-corrected chi connectivity index (χ4v) is 5.05. The maximum atomic E-state index is 12.3. The lowest BCUT2D eigenvalue weighted by Crippen LogP contribution is -2.08. The zero-order chi connectivity index (χ0) is 32.1. The van der Waals surface area contributed by atoms with Crippen LogP contribution in [0.3, 0.4) is 0 Å². The van der Waals surface area contributed by atoms with Gasteiger partial charge in [-0.1, -0.05) is 68.8 Å². The molecule has 238 valence electrons. The van der Waals surface area contributed by atoms with Crippen molar-refractivity contribution < 1.29 is 28.5 Å². The molecule has 0 amide bonds. The number of carbonyl (C=O) groups is 1. The van der Waals surface area contributed by atoms with Crippen LogP contribution in [-0.4, -0.2) is 41.7 Å². The van der Waals surface area contributed by atoms with Crippen LogP contribution in [0.2, 0.25) is 0 Å². The summed E-state index contributed by atoms with van der Waals surface area (Å²) in [5.74, 6) is 2.83. The van der Waals surface area contributed by atoms with E-state index in [2.05, 4.69) is 35.3 Å². The van der Waals surface area contributed by atoms with E-state index >= 15 is 0 Å². The van der Waals surface area contributed by atoms with Crippen LogP contribution in [0.1, 0.15) is 53.7 Å². The average molecular weight is 622 g/mol. The van der Waals surface area contributed by atoms with E-state index in [4.69, 9.17) is 23.7 Å². The normalized spacial score (nSPS) is 10.8. The third kappa shape index (κ3) is 8.04. The predicted octanol–water partition coefficient (Wildman–Crippen LogP) is 7.99. The summed E-state index contributed by atoms with van der Waals surface area (Å²) >= 11 is 0. The number of carbonyl (C=O) groups excluding carboxylic acids is 1. The number of aryl methyl sites for hydroxylation is 1. The molecule has 1 aromatic heterocycles. The summed E-state index contributed by atoms with van der Waals surface area (Å²) in [7, 11) is 1.36. The van der Waals surface area contributed by atoms with Crippen LogP contribution in [0.25, 0.3) is 11.3 Å². The van der Waals surface area contributed by atoms with Gasteiger partial charge < -0.3 is 23.7 Å². The lowest BCUT2D eigenvalue weighted by Gasteiger charge is -2.18. The van der Waals surface area contributed by atoms with Crippen LogP contribution in [0.4, 0.5) is 0 Å². The molecule has 46 heavy (non-hydrogen) atoms. The maximum Gasteiger partial charge on any atom is 0.341 e. The number of nitrogens with one attached hydrogen (secondary N) is 1. The number of para-hydroxylation sites is 1. The number of benzene rings is 4. The van der Waals surface area contributed by atoms with Gasteiger partial charge in [0.05, 0.1) is 26.5 Å². The second-order valence-electron chi connectivity index (χ2n) is 10.6. The first-order valence-corrected chi connectivity index (χ1v) is 15.5. The Bertz CT molecular complexity index is 1710. The first-order chi connectivity index (χ1) is 22.6. The minimum absolute atomic E-state index is 0.366. The predicted molar refractivity (Wildman–Crippen MR) is 176 cm³/mol. The number of nitrogens with zero attached hydrogens (tertiary/aromatic N) is 2. The third-order valence-electron chi connectivity index (χ3n) is 7.38. The molecule has 0 bridgehead atoms. The van der Waals surface area contributed by atoms with Crippen LogP contribution in [0.15, 0.2) is 91.1 Å². The molecule has 0 saturated heterocycles. The molecular weight excluding hydrogens is 582 g/mol. The van der Waals surface area contributed by atoms with Crippen molar-refractivity contribution in [2.45, 2.75) is 46.1 Å². The summed E-state index contributed by atoms with van der Waals surface area (Å²) in [4.78, 5) is 12.3. The molecule has 9 heteroatoms. The van der Waals surface area contributed by atoms with Gasteiger partial charge in [0.2, 0.25) is 0 Å². The molecule has 0 spiro atoms. The second-order valence-corrected chi connectivity index (χ2v) is 10.6. The van der Waals surface area contributed by atoms with Gasteiger partial charge in [-0.15, -0.1) is 0 Å². The quantitative estimate of drug-likeness (QED) is 0.0873. The summed E-state index contributed by atoms with van der Waals surface area (Å²) in [5, 5.41) is 11.0. The molecule has 1 N–H and O–H groups in total. The van der Waals surface area contributed by atoms with Crippen LogP contribution in [0, 0.1) is 0 Å². The largest absolute Gasteiger partial charge is 0.493 e. The zero-order valence-electron chi connectivity index (χ0n) is 26.5. The van der Waals surface area contributed by atoms with Crippen LogP contribution in [0.5, 0.6) is 28.7 Å². The fourth-order valence-electron chi connectivity index (χ4n) is 5.05. The summed E-state index contributed by atoms with van der Waals surface area (Å²) in [6.45, 7) is 5.53. The Morgan fingerprint density at radius 1 is 0.783 bits per heavy atom. The highest BCUT2D eigenvalue weighted by atomic mass is 16.5. The van der Waals surface area contributed by atoms with E-state index in [1.807, 2.05) is 60.7 Å². The highest BCUT2D eigenvalue weighted by molar-refractivity contribution is 5.92. The Labute approximate surface area is 269 Å². The molecule has 0 fully saturated rings. The van der Waals surface area contributed by atoms with E-state index < -0.39 is 5.97 Å². The van der Waals surface area contributed by atoms with E-state index in [1.54, 1.807) is 24.4 Å². The van der Waals surface area contributed by atoms with Crippen molar-refractivity contribution >= 4 is 5.97 Å². The topological polar surface area (TPSA) is 105 Å². The number of hydrogen-bond donors (Lipinski definition) is 1. The van der Waals surface area contributed by atoms with Gasteiger partial charge in [0, 0.05) is 23.6 Å². The number of ether oxygens (including phenoxy) is 5. The maximum absolute atomic E-state index is 12.3. The smallest absolute Gasteiger partial charge is 0.341 e. The van der Waals surface area contributed by atoms with Gasteiger partial charge in [0.1, 0.15) is 46.6 Å². The molecule has 5 aromatic rings. The number of esters is 1. The minimum atomic E-state index is -0.450. The van der Waals surface area contributed by atoms with Gasteiger partial charge >= 0.3 is 5.97 Å². The number of aromatic nitrogens is 3. The standard InChI is InChI=1S/C37H39N3O6/c1-4-13-28-32(18-11-19-33(28)46-34-17-10-9-16-29(34)37(41)42-3)43-20-12-21-44-35-23-36(45-25-26-14-7-6-8-15-26)30(22-27(35)5-2)31-24-38-40-39-31/h6-11,14-19,22-24H,4-5,12-13,20-21,25H2,1-3H3,(H,38,39,40). The summed E-state index contributed by atoms with van der Waals surface area (Å²) in [6, 6.07) is 26.8. The van der Waals surface area contributed by atoms with E-state index in [0.717, 1.165) is 53.0 Å². The lowest BCUT2D eigenvalue weighted by atomic mass is 10.0. The summed E-state index contributed by atoms with van der Waals surface area (Å²) in [5.41, 5.74) is 5.00. The fraction of sp³-hybridized carbons (Fsp3) is 0.270. The van der Waals surface area contributed by atoms with Crippen molar-refractivity contribution in [2.24, 2.45) is 0 Å². The highest BCUT2D eigenvalue weighted by Crippen LogP contribution is 2.37. The molecule has 0 aliphatic rings. The van der Waals surface area contributed by atoms with Gasteiger partial charge in [-0.25, -0.2) is 4.79 Å². The van der Waals surface area contributed by atoms with Gasteiger partial charge in [0.15, 0.2) is 0 Å². The number of rotatable bonds is 16. The Hall–Kier alpha value is -5.31. The Morgan fingerprint density at radius 3 is 2.26 bits per heavy atom. The molecule has 1 heterocycles. The number of hydrogen-bond acceptors (Lipinski definition) is 8. The van der Waals surface area contributed by atoms with Crippen molar-refractivity contribution in [1.82, 2.24) is 15.4 Å². The summed E-state index contributed by atoms with van der Waals surface area (Å²) < 4.78 is 30.0. The van der Waals surface area contributed by atoms with Crippen LogP contribution >= 0.6 is 0 Å². The van der Waals surface area contributed by atoms with Gasteiger partial charge in [0.25, 0.3) is 0 Å². The Balaban J connectivity index is 1.25. The first kappa shape index (κ1) is 32.1. The van der Waals surface area contributed by atoms with E-state index in [-0.39, 0.29) is 0 Å². The number of aromatic amines is 1. The zero-order valence-corrected chi connectivity index (χ0v) is 26.5. The van der Waals surface area contributed by atoms with Crippen molar-refractivity contribution in [1.29, 1.82) is 0 Å². The SMILES string of the molecule is CCCc1c(OCCCOc2cc(OCc3ccccc3)c(-c3cn[nH]n3)cc2CC)cccc1Oc1ccccc1C(=O)OC. The van der Waals surface area contributed by atoms with Crippen molar-refractivity contribution in [3.8, 4) is 40.0 Å². The van der Waals surface area contributed by atoms with E-state index in [1.165, 1.54) is 7.11 Å². The molecule has 9 nitrogen and oxygen atoms in total. The highest BCUT2D eigenvalue weighted by Gasteiger charge is 2.18. The summed E-state index contributed by atoms with van der Waals surface area (Å²) in [6.07, 6.45) is 4.79. The molecule has 0 unspecified atom stereocenters. The van der Waals surface area contributed by atoms with Gasteiger partial charge in [-0.2, -0.15) is 15.4 Å². The lowest BCUT2D eigenvalue weighted by molar-refractivity contribution is 0.0598. The van der Waals surface area contributed by atoms with E-state index in [9.17, 15) is 4.79 Å². The van der Waals surface area contributed by atoms with Gasteiger partial charge in [-0.3, -0.25) is 0 Å². The Kier molecular flexibility index (Phi) is 11.3. The Morgan fingerprint density at radius 2 is 1.52 bits per heavy atom. The molecule has 0 aliphatic carbocycles. The van der Waals surface area contributed by atoms with Gasteiger partial charge in [-0.05, 0) is 54.3 Å². The molecule has 5 rings (SSSR count). The van der Waals surface area contributed by atoms with E-state index in [0.29, 0.717) is 54.7 Å². The minimum Gasteiger partial charge on any atom is -0.493 e. The molecular formula is C37H39N3O6. The third-order valence-corrected chi connectivity index (χ3v) is 7.38.